The van der Waals surface area contributed by atoms with Gasteiger partial charge < -0.3 is 14.7 Å². The van der Waals surface area contributed by atoms with Crippen LogP contribution < -0.4 is 14.4 Å². The number of benzene rings is 2. The molecule has 4 aliphatic rings. The number of nitrogens with one attached hydrogen (secondary N) is 1. The third-order valence-electron chi connectivity index (χ3n) is 10.4. The number of amides is 1. The lowest BCUT2D eigenvalue weighted by atomic mass is 9.64. The van der Waals surface area contributed by atoms with Gasteiger partial charge in [-0.2, -0.15) is 0 Å². The van der Waals surface area contributed by atoms with Gasteiger partial charge in [0.05, 0.1) is 22.1 Å². The Morgan fingerprint density at radius 3 is 2.68 bits per heavy atom. The van der Waals surface area contributed by atoms with E-state index in [9.17, 15) is 18.3 Å². The fraction of sp³-hybridized carbons (Fsp3) is 0.583. The molecular weight excluding hydrogens is 672 g/mol. The predicted octanol–water partition coefficient (Wildman–Crippen LogP) is 7.20. The Balaban J connectivity index is 1.37. The van der Waals surface area contributed by atoms with Gasteiger partial charge in [0.25, 0.3) is 5.91 Å². The molecule has 6 rings (SSSR count). The van der Waals surface area contributed by atoms with E-state index in [4.69, 9.17) is 16.3 Å². The number of carbonyl (C=O) groups is 1. The smallest absolute Gasteiger partial charge is 0.264 e. The maximum Gasteiger partial charge on any atom is 0.264 e. The summed E-state index contributed by atoms with van der Waals surface area (Å²) in [6.07, 6.45) is 11.2. The van der Waals surface area contributed by atoms with Crippen molar-refractivity contribution >= 4 is 56.7 Å². The van der Waals surface area contributed by atoms with Crippen LogP contribution in [0.3, 0.4) is 0 Å². The molecule has 2 aliphatic heterocycles. The molecule has 2 heterocycles. The largest absolute Gasteiger partial charge is 0.490 e. The molecule has 0 unspecified atom stereocenters. The molecule has 1 saturated carbocycles. The van der Waals surface area contributed by atoms with Crippen molar-refractivity contribution in [2.45, 2.75) is 86.6 Å². The number of thioether (sulfide) groups is 2. The lowest BCUT2D eigenvalue weighted by Gasteiger charge is -2.51. The number of hydrogen-bond acceptors (Lipinski definition) is 8. The topological polar surface area (TPSA) is 95.9 Å². The van der Waals surface area contributed by atoms with E-state index in [0.29, 0.717) is 25.4 Å². The Morgan fingerprint density at radius 2 is 1.98 bits per heavy atom. The zero-order valence-corrected chi connectivity index (χ0v) is 30.7. The molecule has 2 aromatic carbocycles. The zero-order valence-electron chi connectivity index (χ0n) is 27.5. The molecule has 1 saturated heterocycles. The minimum atomic E-state index is -3.80. The quantitative estimate of drug-likeness (QED) is 0.263. The van der Waals surface area contributed by atoms with E-state index in [0.717, 1.165) is 60.7 Å². The van der Waals surface area contributed by atoms with Crippen molar-refractivity contribution in [3.8, 4) is 5.75 Å². The summed E-state index contributed by atoms with van der Waals surface area (Å²) in [6.45, 7) is 7.08. The Kier molecular flexibility index (Phi) is 10.6. The number of nitrogens with zero attached hydrogens (tertiary/aromatic N) is 1. The van der Waals surface area contributed by atoms with Crippen molar-refractivity contribution in [2.75, 3.05) is 36.1 Å². The summed E-state index contributed by atoms with van der Waals surface area (Å²) >= 11 is 10.2. The van der Waals surface area contributed by atoms with Gasteiger partial charge in [-0.05, 0) is 124 Å². The number of allylic oxidation sites excluding steroid dienone is 1. The van der Waals surface area contributed by atoms with Gasteiger partial charge in [-0.3, -0.25) is 4.79 Å². The normalized spacial score (nSPS) is 26.2. The van der Waals surface area contributed by atoms with Crippen LogP contribution in [0.4, 0.5) is 5.69 Å². The maximum absolute atomic E-state index is 13.3. The summed E-state index contributed by atoms with van der Waals surface area (Å²) in [5, 5.41) is 12.4. The number of carbonyl (C=O) groups excluding carboxylic acids is 1. The highest BCUT2D eigenvalue weighted by molar-refractivity contribution is 8.17. The molecule has 2 fully saturated rings. The van der Waals surface area contributed by atoms with E-state index in [1.54, 1.807) is 32.0 Å². The Hall–Kier alpha value is -1.85. The Morgan fingerprint density at radius 1 is 1.19 bits per heavy atom. The zero-order chi connectivity index (χ0) is 33.4. The molecule has 2 N–H and O–H groups in total. The molecule has 47 heavy (non-hydrogen) atoms. The van der Waals surface area contributed by atoms with Crippen LogP contribution in [-0.2, 0) is 21.9 Å². The monoisotopic (exact) mass is 718 g/mol. The van der Waals surface area contributed by atoms with Gasteiger partial charge in [0.1, 0.15) is 11.4 Å². The first-order valence-corrected chi connectivity index (χ1v) is 21.0. The number of fused-ring (bicyclic) bond motifs is 3. The summed E-state index contributed by atoms with van der Waals surface area (Å²) in [5.41, 5.74) is 2.39. The predicted molar refractivity (Wildman–Crippen MR) is 196 cm³/mol. The molecule has 0 bridgehead atoms. The standard InChI is InChI=1S/C36H47ClN2O5S3/c1-4-5-16-36(41,34-45-17-7-18-46-34)30-12-9-27(30)21-39-22-35(15-6-8-25-19-28(37)11-13-29(25)35)23-44-32-14-10-26(20-31(32)39)33(40)38-47(42,43)24(2)3/h5,10-11,13-14,16,19-20,24,27,30,34,41H,4,6-9,12,15,17-18,21-23H2,1-3H3,(H,38,40)/b16-5+/t27-,30+,35-,36-/m0/s1. The number of hydrogen-bond donors (Lipinski definition) is 2. The van der Waals surface area contributed by atoms with Crippen LogP contribution in [0.15, 0.2) is 48.6 Å². The molecule has 7 nitrogen and oxygen atoms in total. The molecule has 256 valence electrons. The summed E-state index contributed by atoms with van der Waals surface area (Å²) in [6, 6.07) is 11.4. The molecule has 0 radical (unpaired) electrons. The number of sulfonamides is 1. The van der Waals surface area contributed by atoms with Gasteiger partial charge in [0.15, 0.2) is 0 Å². The van der Waals surface area contributed by atoms with Crippen LogP contribution in [0, 0.1) is 11.8 Å². The summed E-state index contributed by atoms with van der Waals surface area (Å²) in [4.78, 5) is 15.6. The van der Waals surface area contributed by atoms with E-state index in [1.165, 1.54) is 17.5 Å². The lowest BCUT2D eigenvalue weighted by molar-refractivity contribution is -0.0332. The maximum atomic E-state index is 13.3. The van der Waals surface area contributed by atoms with Crippen molar-refractivity contribution in [3.05, 3.63) is 70.3 Å². The van der Waals surface area contributed by atoms with Crippen molar-refractivity contribution in [1.82, 2.24) is 4.72 Å². The number of aryl methyl sites for hydroxylation is 1. The van der Waals surface area contributed by atoms with Gasteiger partial charge in [-0.1, -0.05) is 36.7 Å². The highest BCUT2D eigenvalue weighted by atomic mass is 35.5. The second kappa shape index (κ2) is 14.2. The molecule has 11 heteroatoms. The highest BCUT2D eigenvalue weighted by Crippen LogP contribution is 2.52. The molecular formula is C36H47ClN2O5S3. The summed E-state index contributed by atoms with van der Waals surface area (Å²) in [5.74, 6) is 2.51. The van der Waals surface area contributed by atoms with E-state index in [1.807, 2.05) is 29.6 Å². The summed E-state index contributed by atoms with van der Waals surface area (Å²) < 4.78 is 34.1. The van der Waals surface area contributed by atoms with Gasteiger partial charge in [-0.15, -0.1) is 23.5 Å². The fourth-order valence-electron chi connectivity index (χ4n) is 7.68. The van der Waals surface area contributed by atoms with Crippen LogP contribution in [0.1, 0.15) is 80.8 Å². The van der Waals surface area contributed by atoms with Crippen LogP contribution in [0.25, 0.3) is 0 Å². The Bertz CT molecular complexity index is 1610. The average molecular weight is 719 g/mol. The minimum absolute atomic E-state index is 0.103. The van der Waals surface area contributed by atoms with Crippen LogP contribution in [0.5, 0.6) is 5.75 Å². The minimum Gasteiger partial charge on any atom is -0.490 e. The van der Waals surface area contributed by atoms with Crippen LogP contribution in [0.2, 0.25) is 5.02 Å². The third kappa shape index (κ3) is 7.09. The molecule has 0 aromatic heterocycles. The number of halogens is 1. The van der Waals surface area contributed by atoms with Crippen molar-refractivity contribution in [3.63, 3.8) is 0 Å². The third-order valence-corrected chi connectivity index (χ3v) is 15.6. The van der Waals surface area contributed by atoms with Crippen LogP contribution in [-0.4, -0.2) is 66.1 Å². The second-order valence-electron chi connectivity index (χ2n) is 13.9. The second-order valence-corrected chi connectivity index (χ2v) is 19.3. The van der Waals surface area contributed by atoms with Gasteiger partial charge >= 0.3 is 0 Å². The van der Waals surface area contributed by atoms with Crippen molar-refractivity contribution in [1.29, 1.82) is 0 Å². The van der Waals surface area contributed by atoms with E-state index < -0.39 is 26.8 Å². The number of anilines is 1. The SMILES string of the molecule is CC/C=C/[C@@](O)(C1SCCCS1)[C@@H]1CC[C@H]1CN1C[C@@]2(CCCc3cc(Cl)ccc32)COc2ccc(C(=O)NS(=O)(=O)C(C)C)cc21. The van der Waals surface area contributed by atoms with Crippen molar-refractivity contribution in [2.24, 2.45) is 11.8 Å². The lowest BCUT2D eigenvalue weighted by Crippen LogP contribution is -2.55. The molecule has 4 atom stereocenters. The van der Waals surface area contributed by atoms with Crippen LogP contribution >= 0.6 is 35.1 Å². The fourth-order valence-corrected chi connectivity index (χ4v) is 11.7. The molecule has 1 spiro atoms. The number of aliphatic hydroxyl groups is 1. The average Bonchev–Trinajstić information content (AvgIpc) is 3.19. The first kappa shape index (κ1) is 35.0. The van der Waals surface area contributed by atoms with E-state index >= 15 is 0 Å². The van der Waals surface area contributed by atoms with Gasteiger partial charge in [0.2, 0.25) is 10.0 Å². The van der Waals surface area contributed by atoms with Gasteiger partial charge in [-0.25, -0.2) is 13.1 Å². The molecule has 2 aliphatic carbocycles. The number of ether oxygens (including phenoxy) is 1. The van der Waals surface area contributed by atoms with E-state index in [-0.39, 0.29) is 27.4 Å². The number of rotatable bonds is 9. The Labute approximate surface area is 293 Å². The van der Waals surface area contributed by atoms with E-state index in [2.05, 4.69) is 40.8 Å². The van der Waals surface area contributed by atoms with Gasteiger partial charge in [0, 0.05) is 29.1 Å². The molecule has 1 amide bonds. The first-order chi connectivity index (χ1) is 22.5. The van der Waals surface area contributed by atoms with Crippen molar-refractivity contribution < 1.29 is 23.1 Å². The summed E-state index contributed by atoms with van der Waals surface area (Å²) in [7, 11) is -3.80. The first-order valence-electron chi connectivity index (χ1n) is 17.0. The highest BCUT2D eigenvalue weighted by Gasteiger charge is 2.51. The molecule has 2 aromatic rings.